The van der Waals surface area contributed by atoms with Gasteiger partial charge in [-0.2, -0.15) is 0 Å². The van der Waals surface area contributed by atoms with E-state index in [9.17, 15) is 0 Å². The SMILES string of the molecule is CCNC(=NCc1cc(Cl)c2c(c1)OCCO2)NC(C)(C)C.I. The Morgan fingerprint density at radius 1 is 1.26 bits per heavy atom. The second-order valence-electron chi connectivity index (χ2n) is 6.17. The van der Waals surface area contributed by atoms with Gasteiger partial charge < -0.3 is 20.1 Å². The number of hydrogen-bond acceptors (Lipinski definition) is 3. The molecule has 1 aromatic carbocycles. The summed E-state index contributed by atoms with van der Waals surface area (Å²) in [7, 11) is 0. The number of halogens is 2. The highest BCUT2D eigenvalue weighted by Gasteiger charge is 2.17. The zero-order valence-corrected chi connectivity index (χ0v) is 17.1. The molecule has 5 nitrogen and oxygen atoms in total. The maximum absolute atomic E-state index is 6.25. The lowest BCUT2D eigenvalue weighted by atomic mass is 10.1. The minimum Gasteiger partial charge on any atom is -0.486 e. The average Bonchev–Trinajstić information content (AvgIpc) is 2.44. The molecule has 2 rings (SSSR count). The first-order valence-electron chi connectivity index (χ1n) is 7.53. The lowest BCUT2D eigenvalue weighted by Gasteiger charge is -2.24. The van der Waals surface area contributed by atoms with Gasteiger partial charge in [0.2, 0.25) is 0 Å². The minimum absolute atomic E-state index is 0. The van der Waals surface area contributed by atoms with Crippen LogP contribution in [0.2, 0.25) is 5.02 Å². The molecule has 0 spiro atoms. The predicted molar refractivity (Wildman–Crippen MR) is 106 cm³/mol. The third kappa shape index (κ3) is 6.25. The van der Waals surface area contributed by atoms with Gasteiger partial charge in [-0.05, 0) is 45.4 Å². The van der Waals surface area contributed by atoms with E-state index in [1.54, 1.807) is 0 Å². The first-order valence-corrected chi connectivity index (χ1v) is 7.91. The summed E-state index contributed by atoms with van der Waals surface area (Å²) in [4.78, 5) is 4.60. The van der Waals surface area contributed by atoms with Crippen molar-refractivity contribution in [1.29, 1.82) is 0 Å². The van der Waals surface area contributed by atoms with Gasteiger partial charge in [0.25, 0.3) is 0 Å². The Morgan fingerprint density at radius 3 is 2.61 bits per heavy atom. The lowest BCUT2D eigenvalue weighted by molar-refractivity contribution is 0.171. The summed E-state index contributed by atoms with van der Waals surface area (Å²) in [6.45, 7) is 10.7. The van der Waals surface area contributed by atoms with E-state index in [1.807, 2.05) is 19.1 Å². The molecule has 0 aromatic heterocycles. The normalized spacial score (nSPS) is 14.0. The zero-order chi connectivity index (χ0) is 16.2. The van der Waals surface area contributed by atoms with Crippen molar-refractivity contribution in [1.82, 2.24) is 10.6 Å². The van der Waals surface area contributed by atoms with E-state index in [2.05, 4.69) is 36.4 Å². The van der Waals surface area contributed by atoms with Gasteiger partial charge in [-0.3, -0.25) is 0 Å². The largest absolute Gasteiger partial charge is 0.486 e. The van der Waals surface area contributed by atoms with Crippen LogP contribution in [0.5, 0.6) is 11.5 Å². The topological polar surface area (TPSA) is 54.9 Å². The molecule has 1 aliphatic rings. The molecule has 7 heteroatoms. The van der Waals surface area contributed by atoms with Crippen molar-refractivity contribution in [3.8, 4) is 11.5 Å². The van der Waals surface area contributed by atoms with Crippen molar-refractivity contribution < 1.29 is 9.47 Å². The average molecular weight is 454 g/mol. The van der Waals surface area contributed by atoms with Gasteiger partial charge in [0.1, 0.15) is 13.2 Å². The molecule has 0 bridgehead atoms. The Labute approximate surface area is 160 Å². The van der Waals surface area contributed by atoms with E-state index in [0.29, 0.717) is 36.3 Å². The summed E-state index contributed by atoms with van der Waals surface area (Å²) in [6.07, 6.45) is 0. The molecule has 0 saturated heterocycles. The fourth-order valence-corrected chi connectivity index (χ4v) is 2.38. The van der Waals surface area contributed by atoms with Crippen molar-refractivity contribution in [2.75, 3.05) is 19.8 Å². The van der Waals surface area contributed by atoms with Crippen molar-refractivity contribution in [2.45, 2.75) is 39.8 Å². The van der Waals surface area contributed by atoms with Crippen molar-refractivity contribution in [3.05, 3.63) is 22.7 Å². The van der Waals surface area contributed by atoms with Crippen LogP contribution in [-0.2, 0) is 6.54 Å². The zero-order valence-electron chi connectivity index (χ0n) is 14.0. The van der Waals surface area contributed by atoms with Gasteiger partial charge >= 0.3 is 0 Å². The standard InChI is InChI=1S/C16H24ClN3O2.HI/c1-5-18-15(20-16(2,3)4)19-10-11-8-12(17)14-13(9-11)21-6-7-22-14;/h8-9H,5-7,10H2,1-4H3,(H2,18,19,20);1H. The number of benzene rings is 1. The molecule has 1 heterocycles. The molecule has 0 amide bonds. The van der Waals surface area contributed by atoms with Crippen molar-refractivity contribution in [3.63, 3.8) is 0 Å². The Balaban J connectivity index is 0.00000264. The smallest absolute Gasteiger partial charge is 0.191 e. The van der Waals surface area contributed by atoms with E-state index in [1.165, 1.54) is 0 Å². The molecule has 0 saturated carbocycles. The highest BCUT2D eigenvalue weighted by atomic mass is 127. The number of nitrogens with one attached hydrogen (secondary N) is 2. The van der Waals surface area contributed by atoms with Crippen LogP contribution in [0, 0.1) is 0 Å². The van der Waals surface area contributed by atoms with E-state index in [0.717, 1.165) is 18.1 Å². The molecule has 23 heavy (non-hydrogen) atoms. The van der Waals surface area contributed by atoms with Gasteiger partial charge in [0.15, 0.2) is 17.5 Å². The van der Waals surface area contributed by atoms with Crippen LogP contribution in [0.15, 0.2) is 17.1 Å². The number of hydrogen-bond donors (Lipinski definition) is 2. The Hall–Kier alpha value is -0.890. The Kier molecular flexibility index (Phi) is 7.73. The quantitative estimate of drug-likeness (QED) is 0.417. The van der Waals surface area contributed by atoms with Crippen LogP contribution < -0.4 is 20.1 Å². The van der Waals surface area contributed by atoms with Crippen molar-refractivity contribution >= 4 is 41.5 Å². The molecule has 0 fully saturated rings. The van der Waals surface area contributed by atoms with E-state index in [-0.39, 0.29) is 29.5 Å². The van der Waals surface area contributed by atoms with Crippen LogP contribution >= 0.6 is 35.6 Å². The van der Waals surface area contributed by atoms with Crippen LogP contribution in [-0.4, -0.2) is 31.3 Å². The molecular formula is C16H25ClIN3O2. The van der Waals surface area contributed by atoms with Crippen LogP contribution in [0.25, 0.3) is 0 Å². The molecule has 0 unspecified atom stereocenters. The van der Waals surface area contributed by atoms with Gasteiger partial charge in [0, 0.05) is 12.1 Å². The summed E-state index contributed by atoms with van der Waals surface area (Å²) in [6, 6.07) is 3.81. The first kappa shape index (κ1) is 20.2. The van der Waals surface area contributed by atoms with Gasteiger partial charge in [-0.25, -0.2) is 4.99 Å². The van der Waals surface area contributed by atoms with Gasteiger partial charge in [-0.1, -0.05) is 11.6 Å². The van der Waals surface area contributed by atoms with E-state index in [4.69, 9.17) is 21.1 Å². The maximum Gasteiger partial charge on any atom is 0.191 e. The maximum atomic E-state index is 6.25. The molecule has 2 N–H and O–H groups in total. The Bertz CT molecular complexity index is 559. The molecule has 1 aliphatic heterocycles. The molecular weight excluding hydrogens is 429 g/mol. The second kappa shape index (κ2) is 8.82. The number of guanidine groups is 1. The number of rotatable bonds is 3. The first-order chi connectivity index (χ1) is 10.4. The molecule has 1 aromatic rings. The van der Waals surface area contributed by atoms with Crippen LogP contribution in [0.1, 0.15) is 33.3 Å². The predicted octanol–water partition coefficient (Wildman–Crippen LogP) is 3.58. The monoisotopic (exact) mass is 453 g/mol. The lowest BCUT2D eigenvalue weighted by Crippen LogP contribution is -2.47. The summed E-state index contributed by atoms with van der Waals surface area (Å²) in [5.41, 5.74) is 0.936. The minimum atomic E-state index is -0.0501. The fraction of sp³-hybridized carbons (Fsp3) is 0.562. The number of nitrogens with zero attached hydrogens (tertiary/aromatic N) is 1. The summed E-state index contributed by atoms with van der Waals surface area (Å²) >= 11 is 6.25. The van der Waals surface area contributed by atoms with Crippen LogP contribution in [0.4, 0.5) is 0 Å². The molecule has 0 aliphatic carbocycles. The highest BCUT2D eigenvalue weighted by molar-refractivity contribution is 14.0. The number of fused-ring (bicyclic) bond motifs is 1. The summed E-state index contributed by atoms with van der Waals surface area (Å²) in [5, 5.41) is 7.16. The third-order valence-electron chi connectivity index (χ3n) is 2.91. The molecule has 0 atom stereocenters. The third-order valence-corrected chi connectivity index (χ3v) is 3.19. The van der Waals surface area contributed by atoms with Crippen LogP contribution in [0.3, 0.4) is 0 Å². The van der Waals surface area contributed by atoms with Crippen molar-refractivity contribution in [2.24, 2.45) is 4.99 Å². The molecule has 130 valence electrons. The second-order valence-corrected chi connectivity index (χ2v) is 6.58. The van der Waals surface area contributed by atoms with E-state index < -0.39 is 0 Å². The molecule has 0 radical (unpaired) electrons. The number of aliphatic imine (C=N–C) groups is 1. The fourth-order valence-electron chi connectivity index (χ4n) is 2.09. The van der Waals surface area contributed by atoms with Gasteiger partial charge in [0.05, 0.1) is 11.6 Å². The summed E-state index contributed by atoms with van der Waals surface area (Å²) < 4.78 is 11.1. The summed E-state index contributed by atoms with van der Waals surface area (Å²) in [5.74, 6) is 2.10. The Morgan fingerprint density at radius 2 is 1.96 bits per heavy atom. The van der Waals surface area contributed by atoms with Gasteiger partial charge in [-0.15, -0.1) is 24.0 Å². The number of ether oxygens (including phenoxy) is 2. The van der Waals surface area contributed by atoms with E-state index >= 15 is 0 Å². The highest BCUT2D eigenvalue weighted by Crippen LogP contribution is 2.38.